The van der Waals surface area contributed by atoms with Crippen molar-refractivity contribution in [2.24, 2.45) is 10.9 Å². The van der Waals surface area contributed by atoms with Gasteiger partial charge in [-0.15, -0.1) is 24.0 Å². The van der Waals surface area contributed by atoms with E-state index in [0.29, 0.717) is 5.02 Å². The van der Waals surface area contributed by atoms with Gasteiger partial charge in [0, 0.05) is 38.2 Å². The molecule has 1 atom stereocenters. The summed E-state index contributed by atoms with van der Waals surface area (Å²) < 4.78 is 13.1. The molecule has 1 unspecified atom stereocenters. The summed E-state index contributed by atoms with van der Waals surface area (Å²) in [6.07, 6.45) is 6.09. The zero-order valence-corrected chi connectivity index (χ0v) is 19.2. The number of likely N-dealkylation sites (tertiary alicyclic amines) is 2. The van der Waals surface area contributed by atoms with E-state index in [4.69, 9.17) is 11.6 Å². The van der Waals surface area contributed by atoms with Gasteiger partial charge in [0.15, 0.2) is 5.96 Å². The largest absolute Gasteiger partial charge is 0.356 e. The van der Waals surface area contributed by atoms with Crippen LogP contribution in [0.25, 0.3) is 0 Å². The maximum atomic E-state index is 13.1. The molecule has 1 aromatic rings. The molecule has 27 heavy (non-hydrogen) atoms. The van der Waals surface area contributed by atoms with Gasteiger partial charge in [0.1, 0.15) is 5.82 Å². The van der Waals surface area contributed by atoms with Crippen molar-refractivity contribution in [2.45, 2.75) is 32.1 Å². The van der Waals surface area contributed by atoms with E-state index >= 15 is 0 Å². The van der Waals surface area contributed by atoms with Gasteiger partial charge in [-0.2, -0.15) is 0 Å². The lowest BCUT2D eigenvalue weighted by Crippen LogP contribution is -2.42. The molecule has 1 aromatic carbocycles. The maximum Gasteiger partial charge on any atom is 0.193 e. The van der Waals surface area contributed by atoms with Crippen molar-refractivity contribution < 1.29 is 4.39 Å². The van der Waals surface area contributed by atoms with Crippen molar-refractivity contribution in [3.8, 4) is 0 Å². The number of benzene rings is 1. The van der Waals surface area contributed by atoms with Crippen molar-refractivity contribution in [1.82, 2.24) is 15.1 Å². The molecule has 0 bridgehead atoms. The van der Waals surface area contributed by atoms with Crippen LogP contribution in [0.4, 0.5) is 4.39 Å². The van der Waals surface area contributed by atoms with Crippen molar-refractivity contribution in [3.63, 3.8) is 0 Å². The highest BCUT2D eigenvalue weighted by Crippen LogP contribution is 2.20. The summed E-state index contributed by atoms with van der Waals surface area (Å²) in [7, 11) is 1.84. The minimum atomic E-state index is -0.292. The normalized spacial score (nSPS) is 21.2. The average Bonchev–Trinajstić information content (AvgIpc) is 3.09. The van der Waals surface area contributed by atoms with Gasteiger partial charge < -0.3 is 15.1 Å². The lowest BCUT2D eigenvalue weighted by molar-refractivity contribution is 0.198. The Morgan fingerprint density at radius 3 is 2.74 bits per heavy atom. The Balaban J connectivity index is 0.00000261. The minimum Gasteiger partial charge on any atom is -0.356 e. The smallest absolute Gasteiger partial charge is 0.193 e. The van der Waals surface area contributed by atoms with Crippen molar-refractivity contribution >= 4 is 41.5 Å². The number of guanidine groups is 1. The summed E-state index contributed by atoms with van der Waals surface area (Å²) in [5.41, 5.74) is 0.959. The number of halogens is 3. The van der Waals surface area contributed by atoms with Crippen LogP contribution in [0, 0.1) is 11.7 Å². The van der Waals surface area contributed by atoms with Gasteiger partial charge in [-0.3, -0.25) is 4.99 Å². The van der Waals surface area contributed by atoms with Crippen molar-refractivity contribution in [1.29, 1.82) is 0 Å². The third kappa shape index (κ3) is 6.75. The zero-order valence-electron chi connectivity index (χ0n) is 16.1. The van der Waals surface area contributed by atoms with Gasteiger partial charge in [0.2, 0.25) is 0 Å². The number of nitrogens with one attached hydrogen (secondary N) is 1. The summed E-state index contributed by atoms with van der Waals surface area (Å²) in [4.78, 5) is 9.44. The molecular weight excluding hydrogens is 478 g/mol. The summed E-state index contributed by atoms with van der Waals surface area (Å²) >= 11 is 6.10. The Morgan fingerprint density at radius 2 is 2.04 bits per heavy atom. The summed E-state index contributed by atoms with van der Waals surface area (Å²) in [5, 5.41) is 3.93. The van der Waals surface area contributed by atoms with Crippen LogP contribution >= 0.6 is 35.6 Å². The average molecular weight is 509 g/mol. The van der Waals surface area contributed by atoms with E-state index < -0.39 is 0 Å². The molecule has 152 valence electrons. The Labute approximate surface area is 184 Å². The summed E-state index contributed by atoms with van der Waals surface area (Å²) in [5.74, 6) is 1.40. The first-order valence-corrected chi connectivity index (χ1v) is 10.2. The Morgan fingerprint density at radius 1 is 1.26 bits per heavy atom. The van der Waals surface area contributed by atoms with E-state index in [2.05, 4.69) is 20.1 Å². The van der Waals surface area contributed by atoms with E-state index in [0.717, 1.165) is 43.5 Å². The number of hydrogen-bond donors (Lipinski definition) is 1. The van der Waals surface area contributed by atoms with Gasteiger partial charge in [-0.1, -0.05) is 24.1 Å². The SMILES string of the molecule is CN=C(NCCc1ccc(F)cc1Cl)N1CCC(CN2CCCCC2)C1.I. The minimum absolute atomic E-state index is 0. The highest BCUT2D eigenvalue weighted by atomic mass is 127. The monoisotopic (exact) mass is 508 g/mol. The molecule has 0 spiro atoms. The lowest BCUT2D eigenvalue weighted by Gasteiger charge is -2.29. The molecule has 0 amide bonds. The molecule has 0 radical (unpaired) electrons. The fourth-order valence-corrected chi connectivity index (χ4v) is 4.31. The van der Waals surface area contributed by atoms with E-state index in [1.54, 1.807) is 6.07 Å². The summed E-state index contributed by atoms with van der Waals surface area (Å²) in [6, 6.07) is 4.59. The van der Waals surface area contributed by atoms with Gasteiger partial charge in [-0.25, -0.2) is 4.39 Å². The number of aliphatic imine (C=N–C) groups is 1. The predicted octanol–water partition coefficient (Wildman–Crippen LogP) is 4.02. The topological polar surface area (TPSA) is 30.9 Å². The van der Waals surface area contributed by atoms with Crippen LogP contribution in [0.15, 0.2) is 23.2 Å². The van der Waals surface area contributed by atoms with Crippen molar-refractivity contribution in [3.05, 3.63) is 34.6 Å². The molecule has 3 rings (SSSR count). The van der Waals surface area contributed by atoms with Gasteiger partial charge >= 0.3 is 0 Å². The fraction of sp³-hybridized carbons (Fsp3) is 0.650. The number of hydrogen-bond acceptors (Lipinski definition) is 2. The highest BCUT2D eigenvalue weighted by molar-refractivity contribution is 14.0. The zero-order chi connectivity index (χ0) is 18.4. The highest BCUT2D eigenvalue weighted by Gasteiger charge is 2.26. The molecule has 0 aliphatic carbocycles. The van der Waals surface area contributed by atoms with E-state index in [9.17, 15) is 4.39 Å². The number of nitrogens with zero attached hydrogens (tertiary/aromatic N) is 3. The third-order valence-corrected chi connectivity index (χ3v) is 5.81. The molecule has 2 saturated heterocycles. The van der Waals surface area contributed by atoms with Crippen LogP contribution in [0.3, 0.4) is 0 Å². The summed E-state index contributed by atoms with van der Waals surface area (Å²) in [6.45, 7) is 6.64. The Bertz CT molecular complexity index is 622. The second kappa shape index (κ2) is 11.4. The van der Waals surface area contributed by atoms with Crippen LogP contribution in [-0.2, 0) is 6.42 Å². The lowest BCUT2D eigenvalue weighted by atomic mass is 10.1. The van der Waals surface area contributed by atoms with Crippen molar-refractivity contribution in [2.75, 3.05) is 46.3 Å². The molecule has 2 heterocycles. The first kappa shape index (κ1) is 22.7. The molecule has 0 saturated carbocycles. The molecule has 2 fully saturated rings. The van der Waals surface area contributed by atoms with Crippen LogP contribution in [0.1, 0.15) is 31.2 Å². The van der Waals surface area contributed by atoms with Gasteiger partial charge in [0.25, 0.3) is 0 Å². The molecule has 2 aliphatic rings. The number of rotatable bonds is 5. The molecule has 4 nitrogen and oxygen atoms in total. The second-order valence-electron chi connectivity index (χ2n) is 7.42. The molecular formula is C20H31ClFIN4. The predicted molar refractivity (Wildman–Crippen MR) is 122 cm³/mol. The third-order valence-electron chi connectivity index (χ3n) is 5.45. The molecule has 2 aliphatic heterocycles. The molecule has 7 heteroatoms. The Hall–Kier alpha value is -0.600. The molecule has 0 aromatic heterocycles. The fourth-order valence-electron chi connectivity index (χ4n) is 4.05. The quantitative estimate of drug-likeness (QED) is 0.370. The van der Waals surface area contributed by atoms with E-state index in [1.807, 2.05) is 7.05 Å². The maximum absolute atomic E-state index is 13.1. The van der Waals surface area contributed by atoms with Gasteiger partial charge in [-0.05, 0) is 62.4 Å². The first-order valence-electron chi connectivity index (χ1n) is 9.77. The van der Waals surface area contributed by atoms with Crippen LogP contribution in [-0.4, -0.2) is 62.1 Å². The van der Waals surface area contributed by atoms with Crippen LogP contribution < -0.4 is 5.32 Å². The standard InChI is InChI=1S/C20H30ClFN4.HI/c1-23-20(24-9-7-17-5-6-18(22)13-19(17)21)26-12-8-16(15-26)14-25-10-3-2-4-11-25;/h5-6,13,16H,2-4,7-12,14-15H2,1H3,(H,23,24);1H. The Kier molecular flexibility index (Phi) is 9.59. The number of piperidine rings is 1. The second-order valence-corrected chi connectivity index (χ2v) is 7.83. The van der Waals surface area contributed by atoms with Gasteiger partial charge in [0.05, 0.1) is 0 Å². The molecule has 1 N–H and O–H groups in total. The van der Waals surface area contributed by atoms with E-state index in [-0.39, 0.29) is 29.8 Å². The van der Waals surface area contributed by atoms with Crippen LogP contribution in [0.2, 0.25) is 5.02 Å². The van der Waals surface area contributed by atoms with Crippen LogP contribution in [0.5, 0.6) is 0 Å². The first-order chi connectivity index (χ1) is 12.7. The van der Waals surface area contributed by atoms with E-state index in [1.165, 1.54) is 57.5 Å².